The molecule has 2 rings (SSSR count). The van der Waals surface area contributed by atoms with E-state index in [0.29, 0.717) is 18.2 Å². The zero-order chi connectivity index (χ0) is 13.5. The van der Waals surface area contributed by atoms with Gasteiger partial charge in [0.15, 0.2) is 5.58 Å². The summed E-state index contributed by atoms with van der Waals surface area (Å²) in [4.78, 5) is 15.8. The van der Waals surface area contributed by atoms with E-state index in [1.165, 1.54) is 11.8 Å². The van der Waals surface area contributed by atoms with Gasteiger partial charge < -0.3 is 14.8 Å². The van der Waals surface area contributed by atoms with Crippen LogP contribution in [0.4, 0.5) is 0 Å². The number of benzene rings is 1. The lowest BCUT2D eigenvalue weighted by Gasteiger charge is -2.02. The summed E-state index contributed by atoms with van der Waals surface area (Å²) >= 11 is 1.28. The van der Waals surface area contributed by atoms with Crippen LogP contribution in [0, 0.1) is 0 Å². The molecule has 2 aromatic rings. The van der Waals surface area contributed by atoms with Crippen LogP contribution >= 0.6 is 11.8 Å². The van der Waals surface area contributed by atoms with Crippen molar-refractivity contribution in [1.29, 1.82) is 0 Å². The van der Waals surface area contributed by atoms with Crippen molar-refractivity contribution < 1.29 is 14.3 Å². The maximum Gasteiger partial charge on any atom is 0.257 e. The Balaban J connectivity index is 1.77. The smallest absolute Gasteiger partial charge is 0.257 e. The third kappa shape index (κ3) is 4.25. The summed E-state index contributed by atoms with van der Waals surface area (Å²) in [5.74, 6) is 0.233. The number of para-hydroxylation sites is 2. The Hall–Kier alpha value is -1.53. The van der Waals surface area contributed by atoms with Crippen molar-refractivity contribution in [1.82, 2.24) is 10.3 Å². The summed E-state index contributed by atoms with van der Waals surface area (Å²) in [5.41, 5.74) is 1.53. The molecule has 0 saturated heterocycles. The highest BCUT2D eigenvalue weighted by Crippen LogP contribution is 2.22. The third-order valence-corrected chi connectivity index (χ3v) is 3.34. The molecule has 0 bridgehead atoms. The van der Waals surface area contributed by atoms with Gasteiger partial charge in [0.2, 0.25) is 5.91 Å². The van der Waals surface area contributed by atoms with Crippen LogP contribution in [0.5, 0.6) is 0 Å². The van der Waals surface area contributed by atoms with E-state index in [4.69, 9.17) is 9.52 Å². The lowest BCUT2D eigenvalue weighted by molar-refractivity contribution is -0.118. The topological polar surface area (TPSA) is 75.4 Å². The van der Waals surface area contributed by atoms with Gasteiger partial charge in [0.25, 0.3) is 5.22 Å². The zero-order valence-corrected chi connectivity index (χ0v) is 11.3. The predicted octanol–water partition coefficient (Wildman–Crippen LogP) is 1.81. The number of oxazole rings is 1. The van der Waals surface area contributed by atoms with Crippen molar-refractivity contribution in [2.24, 2.45) is 0 Å². The fraction of sp³-hybridized carbons (Fsp3) is 0.385. The maximum atomic E-state index is 11.5. The van der Waals surface area contributed by atoms with Crippen LogP contribution in [0.2, 0.25) is 0 Å². The normalized spacial score (nSPS) is 10.8. The Morgan fingerprint density at radius 3 is 3.00 bits per heavy atom. The molecule has 102 valence electrons. The highest BCUT2D eigenvalue weighted by molar-refractivity contribution is 7.99. The Morgan fingerprint density at radius 1 is 1.37 bits per heavy atom. The quantitative estimate of drug-likeness (QED) is 0.597. The van der Waals surface area contributed by atoms with Crippen LogP contribution in [0.3, 0.4) is 0 Å². The summed E-state index contributed by atoms with van der Waals surface area (Å²) in [6.45, 7) is 0.751. The lowest BCUT2D eigenvalue weighted by atomic mass is 10.3. The van der Waals surface area contributed by atoms with Crippen LogP contribution in [0.1, 0.15) is 12.8 Å². The van der Waals surface area contributed by atoms with E-state index in [-0.39, 0.29) is 18.3 Å². The van der Waals surface area contributed by atoms with E-state index in [1.54, 1.807) is 0 Å². The molecule has 0 atom stereocenters. The number of aliphatic hydroxyl groups excluding tert-OH is 1. The first-order valence-electron chi connectivity index (χ1n) is 6.15. The molecule has 0 saturated carbocycles. The molecule has 1 aromatic heterocycles. The molecular weight excluding hydrogens is 264 g/mol. The summed E-state index contributed by atoms with van der Waals surface area (Å²) in [5, 5.41) is 11.9. The second-order valence-corrected chi connectivity index (χ2v) is 4.94. The molecule has 0 fully saturated rings. The molecule has 0 aliphatic rings. The van der Waals surface area contributed by atoms with E-state index in [2.05, 4.69) is 10.3 Å². The standard InChI is InChI=1S/C13H16N2O3S/c16-8-4-3-7-14-12(17)9-19-13-15-10-5-1-2-6-11(10)18-13/h1-2,5-6,16H,3-4,7-9H2,(H,14,17). The summed E-state index contributed by atoms with van der Waals surface area (Å²) in [6, 6.07) is 7.50. The summed E-state index contributed by atoms with van der Waals surface area (Å²) in [6.07, 6.45) is 1.49. The van der Waals surface area contributed by atoms with Crippen molar-refractivity contribution in [2.75, 3.05) is 18.9 Å². The number of rotatable bonds is 7. The van der Waals surface area contributed by atoms with Gasteiger partial charge in [-0.05, 0) is 25.0 Å². The number of nitrogens with one attached hydrogen (secondary N) is 1. The first-order valence-corrected chi connectivity index (χ1v) is 7.14. The molecule has 0 spiro atoms. The van der Waals surface area contributed by atoms with Crippen LogP contribution in [-0.4, -0.2) is 34.9 Å². The van der Waals surface area contributed by atoms with Crippen molar-refractivity contribution in [3.05, 3.63) is 24.3 Å². The van der Waals surface area contributed by atoms with E-state index in [0.717, 1.165) is 17.5 Å². The van der Waals surface area contributed by atoms with Gasteiger partial charge in [-0.25, -0.2) is 4.98 Å². The number of thioether (sulfide) groups is 1. The number of aliphatic hydroxyl groups is 1. The van der Waals surface area contributed by atoms with Crippen molar-refractivity contribution in [2.45, 2.75) is 18.1 Å². The van der Waals surface area contributed by atoms with Gasteiger partial charge in [0.1, 0.15) is 5.52 Å². The number of aromatic nitrogens is 1. The average molecular weight is 280 g/mol. The number of unbranched alkanes of at least 4 members (excludes halogenated alkanes) is 1. The fourth-order valence-corrected chi connectivity index (χ4v) is 2.22. The minimum absolute atomic E-state index is 0.0507. The van der Waals surface area contributed by atoms with Crippen LogP contribution in [0.25, 0.3) is 11.1 Å². The SMILES string of the molecule is O=C(CSc1nc2ccccc2o1)NCCCCO. The highest BCUT2D eigenvalue weighted by Gasteiger charge is 2.08. The van der Waals surface area contributed by atoms with Gasteiger partial charge in [-0.3, -0.25) is 4.79 Å². The number of hydrogen-bond acceptors (Lipinski definition) is 5. The molecule has 2 N–H and O–H groups in total. The molecule has 5 nitrogen and oxygen atoms in total. The summed E-state index contributed by atoms with van der Waals surface area (Å²) < 4.78 is 5.50. The monoisotopic (exact) mass is 280 g/mol. The van der Waals surface area contributed by atoms with Gasteiger partial charge in [-0.15, -0.1) is 0 Å². The van der Waals surface area contributed by atoms with Gasteiger partial charge in [-0.1, -0.05) is 23.9 Å². The molecular formula is C13H16N2O3S. The first-order chi connectivity index (χ1) is 9.29. The lowest BCUT2D eigenvalue weighted by Crippen LogP contribution is -2.26. The van der Waals surface area contributed by atoms with Crippen LogP contribution in [0.15, 0.2) is 33.9 Å². The van der Waals surface area contributed by atoms with Crippen molar-refractivity contribution >= 4 is 28.8 Å². The largest absolute Gasteiger partial charge is 0.431 e. The van der Waals surface area contributed by atoms with Crippen LogP contribution in [-0.2, 0) is 4.79 Å². The second kappa shape index (κ2) is 7.16. The third-order valence-electron chi connectivity index (χ3n) is 2.51. The van der Waals surface area contributed by atoms with Gasteiger partial charge in [0.05, 0.1) is 5.75 Å². The first kappa shape index (κ1) is 13.9. The number of hydrogen-bond donors (Lipinski definition) is 2. The average Bonchev–Trinajstić information content (AvgIpc) is 2.84. The number of carbonyl (C=O) groups excluding carboxylic acids is 1. The molecule has 1 amide bonds. The molecule has 1 heterocycles. The Labute approximate surface area is 115 Å². The number of amides is 1. The van der Waals surface area contributed by atoms with E-state index in [1.807, 2.05) is 24.3 Å². The predicted molar refractivity (Wildman–Crippen MR) is 74.1 cm³/mol. The Bertz CT molecular complexity index is 508. The van der Waals surface area contributed by atoms with Crippen molar-refractivity contribution in [3.63, 3.8) is 0 Å². The van der Waals surface area contributed by atoms with E-state index < -0.39 is 0 Å². The molecule has 0 radical (unpaired) electrons. The van der Waals surface area contributed by atoms with Crippen molar-refractivity contribution in [3.8, 4) is 0 Å². The van der Waals surface area contributed by atoms with E-state index in [9.17, 15) is 4.79 Å². The summed E-state index contributed by atoms with van der Waals surface area (Å²) in [7, 11) is 0. The van der Waals surface area contributed by atoms with Crippen LogP contribution < -0.4 is 5.32 Å². The number of fused-ring (bicyclic) bond motifs is 1. The minimum atomic E-state index is -0.0507. The molecule has 6 heteroatoms. The Morgan fingerprint density at radius 2 is 2.21 bits per heavy atom. The number of nitrogens with zero attached hydrogens (tertiary/aromatic N) is 1. The number of carbonyl (C=O) groups is 1. The zero-order valence-electron chi connectivity index (χ0n) is 10.5. The van der Waals surface area contributed by atoms with Gasteiger partial charge >= 0.3 is 0 Å². The van der Waals surface area contributed by atoms with Gasteiger partial charge in [-0.2, -0.15) is 0 Å². The second-order valence-electron chi connectivity index (χ2n) is 4.02. The van der Waals surface area contributed by atoms with Gasteiger partial charge in [0, 0.05) is 13.2 Å². The molecule has 0 unspecified atom stereocenters. The Kier molecular flexibility index (Phi) is 5.23. The molecule has 0 aliphatic heterocycles. The highest BCUT2D eigenvalue weighted by atomic mass is 32.2. The minimum Gasteiger partial charge on any atom is -0.431 e. The molecule has 19 heavy (non-hydrogen) atoms. The fourth-order valence-electron chi connectivity index (χ4n) is 1.56. The molecule has 1 aromatic carbocycles. The van der Waals surface area contributed by atoms with E-state index >= 15 is 0 Å². The maximum absolute atomic E-state index is 11.5. The molecule has 0 aliphatic carbocycles.